The summed E-state index contributed by atoms with van der Waals surface area (Å²) in [5.41, 5.74) is 0. The smallest absolute Gasteiger partial charge is 0.217 e. The fraction of sp³-hybridized carbons (Fsp3) is 0.950. The molecule has 6 aliphatic rings. The maximum atomic E-state index is 13.2. The molecule has 0 bridgehead atoms. The monoisotopic (exact) mass is 1040 g/mol. The highest BCUT2D eigenvalue weighted by molar-refractivity contribution is 5.73. The first-order chi connectivity index (χ1) is 33.5. The summed E-state index contributed by atoms with van der Waals surface area (Å²) in [6, 6.07) is -3.46. The SMILES string of the molecule is CC(=O)N[C@H]1[C@H](O[C@H]2[C@@H](O)[C@@H](CO)O[C@@H](O[C@H]3[C@@H](O)[C@@H](CO)OC(O)[C@@H]3NC(C)=O)[C@@H]2O)O[C@H](CO)[C@@H](O[C@@H]2O[C@@H](C)[C@@H](O)[C@@H](O)[C@@H]2O)[C@@H]1O[C@@H]1O[C@H](CO)[C@H](O)[C@H](O)[C@H]1O[C@@H]1O[C@@H](C)[C@@H](O)[C@@H](O)[C@@H]1O. The van der Waals surface area contributed by atoms with Crippen LogP contribution in [0, 0.1) is 0 Å². The number of ether oxygens (including phenoxy) is 11. The van der Waals surface area contributed by atoms with E-state index in [1.54, 1.807) is 0 Å². The van der Waals surface area contributed by atoms with Crippen LogP contribution < -0.4 is 10.6 Å². The maximum Gasteiger partial charge on any atom is 0.217 e. The average molecular weight is 1040 g/mol. The summed E-state index contributed by atoms with van der Waals surface area (Å²) in [5, 5.41) is 178. The molecule has 0 aromatic carbocycles. The lowest BCUT2D eigenvalue weighted by Crippen LogP contribution is -2.72. The molecule has 30 atom stereocenters. The van der Waals surface area contributed by atoms with Gasteiger partial charge in [0.2, 0.25) is 11.8 Å². The van der Waals surface area contributed by atoms with Gasteiger partial charge in [0.05, 0.1) is 38.6 Å². The summed E-state index contributed by atoms with van der Waals surface area (Å²) in [7, 11) is 0. The second-order valence-corrected chi connectivity index (χ2v) is 18.2. The molecule has 0 radical (unpaired) electrons. The number of carbonyl (C=O) groups excluding carboxylic acids is 2. The van der Waals surface area contributed by atoms with E-state index >= 15 is 0 Å². The third kappa shape index (κ3) is 12.4. The molecule has 0 aliphatic carbocycles. The predicted octanol–water partition coefficient (Wildman–Crippen LogP) is -11.8. The second kappa shape index (κ2) is 24.7. The predicted molar refractivity (Wildman–Crippen MR) is 220 cm³/mol. The van der Waals surface area contributed by atoms with Crippen molar-refractivity contribution in [1.82, 2.24) is 10.6 Å². The Balaban J connectivity index is 1.39. The first kappa shape index (κ1) is 58.1. The molecule has 1 unspecified atom stereocenters. The number of hydrogen-bond donors (Lipinski definition) is 18. The van der Waals surface area contributed by atoms with Crippen molar-refractivity contribution in [3.05, 3.63) is 0 Å². The Morgan fingerprint density at radius 3 is 1.28 bits per heavy atom. The second-order valence-electron chi connectivity index (χ2n) is 18.2. The van der Waals surface area contributed by atoms with E-state index in [9.17, 15) is 91.3 Å². The van der Waals surface area contributed by atoms with Crippen LogP contribution in [0.5, 0.6) is 0 Å². The highest BCUT2D eigenvalue weighted by Gasteiger charge is 2.59. The van der Waals surface area contributed by atoms with E-state index in [2.05, 4.69) is 10.6 Å². The lowest BCUT2D eigenvalue weighted by Gasteiger charge is -2.52. The Hall–Kier alpha value is -2.14. The van der Waals surface area contributed by atoms with E-state index in [-0.39, 0.29) is 0 Å². The zero-order chi connectivity index (χ0) is 52.5. The van der Waals surface area contributed by atoms with E-state index in [0.29, 0.717) is 0 Å². The standard InChI is InChI=1S/C40H68N2O29/c1-9-19(49)24(54)27(57)37(61-9)67-30-16(8-46)66-36(70-33-23(53)15(7-45)64-39(29(33)59)68-31-17(41-11(3)47)35(60)63-14(6-44)22(31)52)18(42-12(4)48)32(30)69-40-34(26(56)21(51)13(5-43)65-40)71-38-28(58)25(55)20(50)10(2)62-38/h9-10,13-40,43-46,49-60H,5-8H2,1-4H3,(H,41,47)(H,42,48)/t9-,10-,13+,14+,15+,16+,17+,18+,19+,20+,21-,22-,23-,24+,25+,26-,27-,28-,29+,30+,31+,32+,33-,34+,35?,36-,37-,38-,39-,40-/m0/s1. The highest BCUT2D eigenvalue weighted by atomic mass is 16.8. The molecule has 6 heterocycles. The summed E-state index contributed by atoms with van der Waals surface area (Å²) in [6.45, 7) is 0.699. The zero-order valence-electron chi connectivity index (χ0n) is 38.6. The molecule has 6 fully saturated rings. The summed E-state index contributed by atoms with van der Waals surface area (Å²) < 4.78 is 64.5. The fourth-order valence-electron chi connectivity index (χ4n) is 9.18. The van der Waals surface area contributed by atoms with E-state index in [1.165, 1.54) is 13.8 Å². The van der Waals surface area contributed by atoms with Gasteiger partial charge in [-0.25, -0.2) is 0 Å². The van der Waals surface area contributed by atoms with Gasteiger partial charge in [0.15, 0.2) is 37.7 Å². The van der Waals surface area contributed by atoms with E-state index < -0.39 is 222 Å². The lowest BCUT2D eigenvalue weighted by molar-refractivity contribution is -0.399. The molecule has 0 saturated carbocycles. The quantitative estimate of drug-likeness (QED) is 0.0682. The third-order valence-corrected chi connectivity index (χ3v) is 13.2. The third-order valence-electron chi connectivity index (χ3n) is 13.2. The van der Waals surface area contributed by atoms with Crippen molar-refractivity contribution in [2.75, 3.05) is 26.4 Å². The van der Waals surface area contributed by atoms with Crippen LogP contribution in [0.25, 0.3) is 0 Å². The fourth-order valence-corrected chi connectivity index (χ4v) is 9.18. The van der Waals surface area contributed by atoms with E-state index in [4.69, 9.17) is 52.1 Å². The van der Waals surface area contributed by atoms with Crippen molar-refractivity contribution in [1.29, 1.82) is 0 Å². The molecular weight excluding hydrogens is 972 g/mol. The van der Waals surface area contributed by atoms with Gasteiger partial charge >= 0.3 is 0 Å². The van der Waals surface area contributed by atoms with E-state index in [0.717, 1.165) is 13.8 Å². The van der Waals surface area contributed by atoms with Crippen molar-refractivity contribution in [3.8, 4) is 0 Å². The molecule has 6 rings (SSSR count). The molecule has 6 saturated heterocycles. The molecule has 18 N–H and O–H groups in total. The van der Waals surface area contributed by atoms with Crippen molar-refractivity contribution in [3.63, 3.8) is 0 Å². The Labute approximate surface area is 403 Å². The van der Waals surface area contributed by atoms with Gasteiger partial charge in [-0.3, -0.25) is 9.59 Å². The normalized spacial score (nSPS) is 50.8. The van der Waals surface area contributed by atoms with Crippen molar-refractivity contribution >= 4 is 11.8 Å². The minimum absolute atomic E-state index is 0.748. The molecule has 0 aromatic rings. The maximum absolute atomic E-state index is 13.2. The Kier molecular flexibility index (Phi) is 20.2. The van der Waals surface area contributed by atoms with Crippen LogP contribution in [0.4, 0.5) is 0 Å². The first-order valence-electron chi connectivity index (χ1n) is 22.8. The summed E-state index contributed by atoms with van der Waals surface area (Å²) in [6.07, 6.45) is -52.0. The van der Waals surface area contributed by atoms with Crippen LogP contribution in [-0.4, -0.2) is 304 Å². The number of hydrogen-bond acceptors (Lipinski definition) is 29. The van der Waals surface area contributed by atoms with Gasteiger partial charge in [-0.2, -0.15) is 0 Å². The van der Waals surface area contributed by atoms with E-state index in [1.807, 2.05) is 0 Å². The number of aliphatic hydroxyl groups excluding tert-OH is 16. The molecule has 6 aliphatic heterocycles. The van der Waals surface area contributed by atoms with Crippen molar-refractivity contribution in [2.45, 2.75) is 212 Å². The molecule has 2 amide bonds. The van der Waals surface area contributed by atoms with Gasteiger partial charge in [-0.1, -0.05) is 0 Å². The van der Waals surface area contributed by atoms with Gasteiger partial charge in [0, 0.05) is 13.8 Å². The topological polar surface area (TPSA) is 483 Å². The Bertz CT molecular complexity index is 1710. The summed E-state index contributed by atoms with van der Waals surface area (Å²) in [5.74, 6) is -1.65. The van der Waals surface area contributed by atoms with Crippen LogP contribution in [0.2, 0.25) is 0 Å². The average Bonchev–Trinajstić information content (AvgIpc) is 3.33. The zero-order valence-corrected chi connectivity index (χ0v) is 38.6. The lowest BCUT2D eigenvalue weighted by atomic mass is 9.93. The highest BCUT2D eigenvalue weighted by Crippen LogP contribution is 2.38. The minimum Gasteiger partial charge on any atom is -0.394 e. The van der Waals surface area contributed by atoms with Gasteiger partial charge in [-0.05, 0) is 13.8 Å². The molecule has 0 spiro atoms. The van der Waals surface area contributed by atoms with Crippen LogP contribution in [-0.2, 0) is 61.7 Å². The molecule has 0 aromatic heterocycles. The van der Waals surface area contributed by atoms with Crippen molar-refractivity contribution in [2.24, 2.45) is 0 Å². The number of nitrogens with one attached hydrogen (secondary N) is 2. The van der Waals surface area contributed by atoms with Crippen LogP contribution in [0.15, 0.2) is 0 Å². The van der Waals surface area contributed by atoms with Gasteiger partial charge in [0.1, 0.15) is 134 Å². The summed E-state index contributed by atoms with van der Waals surface area (Å²) in [4.78, 5) is 25.3. The number of amides is 2. The largest absolute Gasteiger partial charge is 0.394 e. The van der Waals surface area contributed by atoms with Crippen LogP contribution >= 0.6 is 0 Å². The van der Waals surface area contributed by atoms with Gasteiger partial charge in [0.25, 0.3) is 0 Å². The Morgan fingerprint density at radius 1 is 0.366 bits per heavy atom. The minimum atomic E-state index is -2.21. The van der Waals surface area contributed by atoms with Gasteiger partial charge in [-0.15, -0.1) is 0 Å². The molecular formula is C40H68N2O29. The van der Waals surface area contributed by atoms with Gasteiger partial charge < -0.3 is 144 Å². The molecule has 31 heteroatoms. The van der Waals surface area contributed by atoms with Crippen LogP contribution in [0.1, 0.15) is 27.7 Å². The first-order valence-corrected chi connectivity index (χ1v) is 22.8. The molecule has 71 heavy (non-hydrogen) atoms. The molecule has 412 valence electrons. The van der Waals surface area contributed by atoms with Crippen LogP contribution in [0.3, 0.4) is 0 Å². The number of aliphatic hydroxyl groups is 16. The number of carbonyl (C=O) groups is 2. The molecule has 31 nitrogen and oxygen atoms in total. The van der Waals surface area contributed by atoms with Crippen molar-refractivity contribution < 1.29 is 143 Å². The summed E-state index contributed by atoms with van der Waals surface area (Å²) >= 11 is 0. The Morgan fingerprint density at radius 2 is 0.761 bits per heavy atom. The number of rotatable bonds is 16.